The molecule has 2 N–H and O–H groups in total. The predicted octanol–water partition coefficient (Wildman–Crippen LogP) is 1.30. The summed E-state index contributed by atoms with van der Waals surface area (Å²) in [6.07, 6.45) is 0. The second kappa shape index (κ2) is 8.50. The van der Waals surface area contributed by atoms with Crippen LogP contribution in [-0.2, 0) is 21.4 Å². The van der Waals surface area contributed by atoms with Crippen LogP contribution < -0.4 is 19.5 Å². The number of nitrogens with one attached hydrogen (secondary N) is 2. The maximum absolute atomic E-state index is 12.3. The average Bonchev–Trinajstić information content (AvgIpc) is 2.65. The Hall–Kier alpha value is -2.58. The van der Waals surface area contributed by atoms with Crippen LogP contribution in [0, 0.1) is 0 Å². The number of amides is 1. The second-order valence-electron chi connectivity index (χ2n) is 5.10. The molecule has 2 rings (SSSR count). The fourth-order valence-electron chi connectivity index (χ4n) is 2.09. The van der Waals surface area contributed by atoms with E-state index in [-0.39, 0.29) is 11.4 Å². The van der Waals surface area contributed by atoms with Crippen LogP contribution in [0.5, 0.6) is 11.5 Å². The Balaban J connectivity index is 1.95. The van der Waals surface area contributed by atoms with Gasteiger partial charge in [0.25, 0.3) is 0 Å². The van der Waals surface area contributed by atoms with Crippen LogP contribution in [0.3, 0.4) is 0 Å². The number of ether oxygens (including phenoxy) is 2. The number of sulfonamides is 1. The lowest BCUT2D eigenvalue weighted by Gasteiger charge is -2.11. The SMILES string of the molecule is COc1ccc(S(=O)(=O)NCC(=O)NCc2ccccc2)cc1OC. The number of hydrogen-bond acceptors (Lipinski definition) is 5. The topological polar surface area (TPSA) is 93.7 Å². The molecule has 2 aromatic rings. The predicted molar refractivity (Wildman–Crippen MR) is 93.0 cm³/mol. The van der Waals surface area contributed by atoms with Gasteiger partial charge >= 0.3 is 0 Å². The van der Waals surface area contributed by atoms with Crippen LogP contribution in [0.15, 0.2) is 53.4 Å². The summed E-state index contributed by atoms with van der Waals surface area (Å²) in [7, 11) is -0.967. The first kappa shape index (κ1) is 18.8. The van der Waals surface area contributed by atoms with Crippen molar-refractivity contribution in [2.75, 3.05) is 20.8 Å². The number of methoxy groups -OCH3 is 2. The molecule has 0 radical (unpaired) electrons. The van der Waals surface area contributed by atoms with Gasteiger partial charge in [-0.3, -0.25) is 4.79 Å². The van der Waals surface area contributed by atoms with E-state index in [9.17, 15) is 13.2 Å². The molecule has 0 spiro atoms. The number of carbonyl (C=O) groups is 1. The molecule has 0 saturated heterocycles. The summed E-state index contributed by atoms with van der Waals surface area (Å²) in [6.45, 7) is -0.0265. The summed E-state index contributed by atoms with van der Waals surface area (Å²) in [4.78, 5) is 11.8. The van der Waals surface area contributed by atoms with Gasteiger partial charge in [0.2, 0.25) is 15.9 Å². The Kier molecular flexibility index (Phi) is 6.37. The van der Waals surface area contributed by atoms with E-state index in [1.807, 2.05) is 30.3 Å². The first-order valence-electron chi connectivity index (χ1n) is 7.48. The Bertz CT molecular complexity index is 822. The molecule has 1 amide bonds. The molecule has 0 aliphatic carbocycles. The lowest BCUT2D eigenvalue weighted by molar-refractivity contribution is -0.120. The molecular weight excluding hydrogens is 344 g/mol. The second-order valence-corrected chi connectivity index (χ2v) is 6.87. The Labute approximate surface area is 147 Å². The monoisotopic (exact) mass is 364 g/mol. The van der Waals surface area contributed by atoms with Crippen molar-refractivity contribution in [3.63, 3.8) is 0 Å². The van der Waals surface area contributed by atoms with E-state index >= 15 is 0 Å². The minimum absolute atomic E-state index is 0.0130. The third kappa shape index (κ3) is 5.20. The van der Waals surface area contributed by atoms with Gasteiger partial charge in [0.15, 0.2) is 11.5 Å². The van der Waals surface area contributed by atoms with Gasteiger partial charge in [0.1, 0.15) is 0 Å². The minimum Gasteiger partial charge on any atom is -0.493 e. The van der Waals surface area contributed by atoms with Crippen molar-refractivity contribution in [3.05, 3.63) is 54.1 Å². The third-order valence-corrected chi connectivity index (χ3v) is 4.82. The van der Waals surface area contributed by atoms with Crippen LogP contribution in [-0.4, -0.2) is 35.1 Å². The molecule has 0 bridgehead atoms. The standard InChI is InChI=1S/C17H20N2O5S/c1-23-15-9-8-14(10-16(15)24-2)25(21,22)19-12-17(20)18-11-13-6-4-3-5-7-13/h3-10,19H,11-12H2,1-2H3,(H,18,20). The molecule has 0 saturated carbocycles. The molecule has 0 fully saturated rings. The number of benzene rings is 2. The molecule has 25 heavy (non-hydrogen) atoms. The molecule has 2 aromatic carbocycles. The van der Waals surface area contributed by atoms with E-state index in [0.29, 0.717) is 18.0 Å². The highest BCUT2D eigenvalue weighted by Gasteiger charge is 2.18. The van der Waals surface area contributed by atoms with Crippen molar-refractivity contribution < 1.29 is 22.7 Å². The van der Waals surface area contributed by atoms with Gasteiger partial charge in [-0.25, -0.2) is 13.1 Å². The highest BCUT2D eigenvalue weighted by Crippen LogP contribution is 2.29. The summed E-state index contributed by atoms with van der Waals surface area (Å²) in [5.41, 5.74) is 0.929. The van der Waals surface area contributed by atoms with Crippen LogP contribution in [0.4, 0.5) is 0 Å². The molecule has 0 unspecified atom stereocenters. The van der Waals surface area contributed by atoms with Crippen molar-refractivity contribution >= 4 is 15.9 Å². The first-order chi connectivity index (χ1) is 12.0. The van der Waals surface area contributed by atoms with Crippen molar-refractivity contribution in [2.45, 2.75) is 11.4 Å². The molecule has 0 heterocycles. The van der Waals surface area contributed by atoms with Crippen LogP contribution in [0.1, 0.15) is 5.56 Å². The Morgan fingerprint density at radius 3 is 2.32 bits per heavy atom. The molecular formula is C17H20N2O5S. The van der Waals surface area contributed by atoms with Crippen LogP contribution >= 0.6 is 0 Å². The van der Waals surface area contributed by atoms with E-state index in [1.54, 1.807) is 0 Å². The summed E-state index contributed by atoms with van der Waals surface area (Å²) in [5, 5.41) is 2.65. The van der Waals surface area contributed by atoms with Gasteiger partial charge in [-0.2, -0.15) is 0 Å². The summed E-state index contributed by atoms with van der Waals surface area (Å²) in [6, 6.07) is 13.5. The van der Waals surface area contributed by atoms with Gasteiger partial charge in [0.05, 0.1) is 25.7 Å². The zero-order valence-electron chi connectivity index (χ0n) is 14.0. The molecule has 7 nitrogen and oxygen atoms in total. The third-order valence-electron chi connectivity index (χ3n) is 3.42. The minimum atomic E-state index is -3.84. The quantitative estimate of drug-likeness (QED) is 0.736. The van der Waals surface area contributed by atoms with E-state index < -0.39 is 15.9 Å². The molecule has 0 aromatic heterocycles. The maximum Gasteiger partial charge on any atom is 0.241 e. The summed E-state index contributed by atoms with van der Waals surface area (Å²) >= 11 is 0. The maximum atomic E-state index is 12.3. The highest BCUT2D eigenvalue weighted by atomic mass is 32.2. The molecule has 134 valence electrons. The van der Waals surface area contributed by atoms with Gasteiger partial charge in [0, 0.05) is 12.6 Å². The normalized spacial score (nSPS) is 11.0. The molecule has 0 atom stereocenters. The van der Waals surface area contributed by atoms with E-state index in [4.69, 9.17) is 9.47 Å². The molecule has 8 heteroatoms. The Morgan fingerprint density at radius 2 is 1.68 bits per heavy atom. The fourth-order valence-corrected chi connectivity index (χ4v) is 3.08. The smallest absolute Gasteiger partial charge is 0.241 e. The van der Waals surface area contributed by atoms with Gasteiger partial charge in [-0.1, -0.05) is 30.3 Å². The first-order valence-corrected chi connectivity index (χ1v) is 8.97. The van der Waals surface area contributed by atoms with Crippen molar-refractivity contribution in [1.29, 1.82) is 0 Å². The lowest BCUT2D eigenvalue weighted by atomic mass is 10.2. The number of rotatable bonds is 8. The average molecular weight is 364 g/mol. The van der Waals surface area contributed by atoms with Crippen LogP contribution in [0.2, 0.25) is 0 Å². The van der Waals surface area contributed by atoms with Crippen LogP contribution in [0.25, 0.3) is 0 Å². The number of carbonyl (C=O) groups excluding carboxylic acids is 1. The van der Waals surface area contributed by atoms with E-state index in [2.05, 4.69) is 10.0 Å². The Morgan fingerprint density at radius 1 is 1.00 bits per heavy atom. The van der Waals surface area contributed by atoms with E-state index in [1.165, 1.54) is 32.4 Å². The largest absolute Gasteiger partial charge is 0.493 e. The zero-order valence-corrected chi connectivity index (χ0v) is 14.8. The highest BCUT2D eigenvalue weighted by molar-refractivity contribution is 7.89. The molecule has 0 aliphatic heterocycles. The van der Waals surface area contributed by atoms with Gasteiger partial charge < -0.3 is 14.8 Å². The van der Waals surface area contributed by atoms with E-state index in [0.717, 1.165) is 5.56 Å². The number of hydrogen-bond donors (Lipinski definition) is 2. The zero-order chi connectivity index (χ0) is 18.3. The van der Waals surface area contributed by atoms with Crippen molar-refractivity contribution in [1.82, 2.24) is 10.0 Å². The van der Waals surface area contributed by atoms with Gasteiger partial charge in [-0.15, -0.1) is 0 Å². The van der Waals surface area contributed by atoms with Crippen molar-refractivity contribution in [2.24, 2.45) is 0 Å². The fraction of sp³-hybridized carbons (Fsp3) is 0.235. The molecule has 0 aliphatic rings. The summed E-state index contributed by atoms with van der Waals surface area (Å²) < 4.78 is 37.0. The van der Waals surface area contributed by atoms with Gasteiger partial charge in [-0.05, 0) is 17.7 Å². The van der Waals surface area contributed by atoms with Crippen molar-refractivity contribution in [3.8, 4) is 11.5 Å². The summed E-state index contributed by atoms with van der Waals surface area (Å²) in [5.74, 6) is 0.286. The lowest BCUT2D eigenvalue weighted by Crippen LogP contribution is -2.36.